The van der Waals surface area contributed by atoms with Gasteiger partial charge in [0.1, 0.15) is 5.56 Å². The highest BCUT2D eigenvalue weighted by Gasteiger charge is 2.28. The van der Waals surface area contributed by atoms with Crippen LogP contribution in [0.4, 0.5) is 14.5 Å². The van der Waals surface area contributed by atoms with E-state index < -0.39 is 33.7 Å². The molecule has 1 aliphatic carbocycles. The maximum Gasteiger partial charge on any atom is 0.285 e. The standard InChI is InChI=1S/C13H14F2N2O3/c1-7(8-3-2-4-8)16-13(18)9-5-10(14)11(15)6-12(9)17(19)20/h5-8H,2-4H2,1H3,(H,16,18). The quantitative estimate of drug-likeness (QED) is 0.682. The number of benzene rings is 1. The van der Waals surface area contributed by atoms with Gasteiger partial charge >= 0.3 is 0 Å². The summed E-state index contributed by atoms with van der Waals surface area (Å²) in [6.45, 7) is 1.80. The lowest BCUT2D eigenvalue weighted by molar-refractivity contribution is -0.385. The first-order valence-electron chi connectivity index (χ1n) is 6.34. The number of hydrogen-bond donors (Lipinski definition) is 1. The van der Waals surface area contributed by atoms with Gasteiger partial charge in [0.15, 0.2) is 11.6 Å². The number of nitro benzene ring substituents is 1. The number of carbonyl (C=O) groups excluding carboxylic acids is 1. The maximum atomic E-state index is 13.2. The van der Waals surface area contributed by atoms with E-state index >= 15 is 0 Å². The number of nitro groups is 1. The van der Waals surface area contributed by atoms with Crippen LogP contribution in [0, 0.1) is 27.7 Å². The lowest BCUT2D eigenvalue weighted by Crippen LogP contribution is -2.40. The molecule has 0 saturated heterocycles. The average molecular weight is 284 g/mol. The Kier molecular flexibility index (Phi) is 3.96. The summed E-state index contributed by atoms with van der Waals surface area (Å²) < 4.78 is 26.2. The van der Waals surface area contributed by atoms with E-state index in [-0.39, 0.29) is 6.04 Å². The van der Waals surface area contributed by atoms with Crippen molar-refractivity contribution in [1.82, 2.24) is 5.32 Å². The zero-order chi connectivity index (χ0) is 14.9. The molecule has 0 aromatic heterocycles. The van der Waals surface area contributed by atoms with Gasteiger partial charge in [-0.05, 0) is 31.7 Å². The van der Waals surface area contributed by atoms with Crippen molar-refractivity contribution in [2.24, 2.45) is 5.92 Å². The van der Waals surface area contributed by atoms with Gasteiger partial charge in [0.2, 0.25) is 0 Å². The summed E-state index contributed by atoms with van der Waals surface area (Å²) >= 11 is 0. The predicted octanol–water partition coefficient (Wildman–Crippen LogP) is 2.79. The molecule has 1 fully saturated rings. The maximum absolute atomic E-state index is 13.2. The van der Waals surface area contributed by atoms with Crippen LogP contribution in [-0.4, -0.2) is 16.9 Å². The molecule has 1 amide bonds. The number of nitrogens with zero attached hydrogens (tertiary/aromatic N) is 1. The van der Waals surface area contributed by atoms with Crippen molar-refractivity contribution < 1.29 is 18.5 Å². The molecule has 0 aliphatic heterocycles. The Morgan fingerprint density at radius 3 is 2.50 bits per heavy atom. The van der Waals surface area contributed by atoms with Crippen molar-refractivity contribution >= 4 is 11.6 Å². The highest BCUT2D eigenvalue weighted by molar-refractivity contribution is 5.98. The van der Waals surface area contributed by atoms with Crippen molar-refractivity contribution in [2.75, 3.05) is 0 Å². The molecule has 1 N–H and O–H groups in total. The third kappa shape index (κ3) is 2.76. The molecule has 1 saturated carbocycles. The van der Waals surface area contributed by atoms with Crippen LogP contribution >= 0.6 is 0 Å². The van der Waals surface area contributed by atoms with E-state index in [1.165, 1.54) is 0 Å². The van der Waals surface area contributed by atoms with Gasteiger partial charge in [-0.1, -0.05) is 6.42 Å². The minimum Gasteiger partial charge on any atom is -0.349 e. The Morgan fingerprint density at radius 2 is 2.00 bits per heavy atom. The first-order valence-corrected chi connectivity index (χ1v) is 6.34. The summed E-state index contributed by atoms with van der Waals surface area (Å²) in [5.74, 6) is -3.05. The number of rotatable bonds is 4. The molecule has 1 atom stereocenters. The second kappa shape index (κ2) is 5.52. The molecule has 0 spiro atoms. The van der Waals surface area contributed by atoms with Gasteiger partial charge < -0.3 is 5.32 Å². The molecule has 1 aliphatic rings. The van der Waals surface area contributed by atoms with Crippen molar-refractivity contribution in [3.8, 4) is 0 Å². The Labute approximate surface area is 114 Å². The van der Waals surface area contributed by atoms with E-state index in [2.05, 4.69) is 5.32 Å². The monoisotopic (exact) mass is 284 g/mol. The van der Waals surface area contributed by atoms with Crippen molar-refractivity contribution in [2.45, 2.75) is 32.2 Å². The Bertz CT molecular complexity index is 559. The molecule has 5 nitrogen and oxygen atoms in total. The minimum atomic E-state index is -1.35. The molecule has 20 heavy (non-hydrogen) atoms. The van der Waals surface area contributed by atoms with Crippen LogP contribution in [0.15, 0.2) is 12.1 Å². The van der Waals surface area contributed by atoms with E-state index in [4.69, 9.17) is 0 Å². The second-order valence-electron chi connectivity index (χ2n) is 4.99. The lowest BCUT2D eigenvalue weighted by Gasteiger charge is -2.31. The van der Waals surface area contributed by atoms with Crippen molar-refractivity contribution in [1.29, 1.82) is 0 Å². The predicted molar refractivity (Wildman–Crippen MR) is 67.3 cm³/mol. The number of halogens is 2. The van der Waals surface area contributed by atoms with Gasteiger partial charge in [0.05, 0.1) is 11.0 Å². The Morgan fingerprint density at radius 1 is 1.40 bits per heavy atom. The highest BCUT2D eigenvalue weighted by atomic mass is 19.2. The smallest absolute Gasteiger partial charge is 0.285 e. The largest absolute Gasteiger partial charge is 0.349 e. The van der Waals surface area contributed by atoms with Crippen LogP contribution in [-0.2, 0) is 0 Å². The molecule has 7 heteroatoms. The molecule has 0 heterocycles. The summed E-state index contributed by atoms with van der Waals surface area (Å²) in [5.41, 5.74) is -1.19. The third-order valence-electron chi connectivity index (χ3n) is 3.70. The molecular weight excluding hydrogens is 270 g/mol. The summed E-state index contributed by atoms with van der Waals surface area (Å²) in [4.78, 5) is 21.9. The van der Waals surface area contributed by atoms with E-state index in [1.54, 1.807) is 6.92 Å². The number of nitrogens with one attached hydrogen (secondary N) is 1. The minimum absolute atomic E-state index is 0.149. The average Bonchev–Trinajstić information content (AvgIpc) is 2.29. The normalized spacial score (nSPS) is 16.4. The topological polar surface area (TPSA) is 72.2 Å². The molecular formula is C13H14F2N2O3. The zero-order valence-corrected chi connectivity index (χ0v) is 10.9. The van der Waals surface area contributed by atoms with Crippen LogP contribution in [0.25, 0.3) is 0 Å². The van der Waals surface area contributed by atoms with Gasteiger partial charge in [-0.15, -0.1) is 0 Å². The summed E-state index contributed by atoms with van der Waals surface area (Å²) in [6, 6.07) is 0.845. The van der Waals surface area contributed by atoms with Gasteiger partial charge in [0, 0.05) is 6.04 Å². The SMILES string of the molecule is CC(NC(=O)c1cc(F)c(F)cc1[N+](=O)[O-])C1CCC1. The van der Waals surface area contributed by atoms with Gasteiger partial charge in [-0.2, -0.15) is 0 Å². The molecule has 0 bridgehead atoms. The third-order valence-corrected chi connectivity index (χ3v) is 3.70. The summed E-state index contributed by atoms with van der Waals surface area (Å²) in [5, 5.41) is 13.4. The van der Waals surface area contributed by atoms with Gasteiger partial charge in [0.25, 0.3) is 11.6 Å². The van der Waals surface area contributed by atoms with Crippen LogP contribution in [0.5, 0.6) is 0 Å². The fourth-order valence-electron chi connectivity index (χ4n) is 2.21. The first kappa shape index (κ1) is 14.4. The molecule has 1 aromatic rings. The lowest BCUT2D eigenvalue weighted by atomic mass is 9.80. The van der Waals surface area contributed by atoms with E-state index in [0.717, 1.165) is 19.3 Å². The highest BCUT2D eigenvalue weighted by Crippen LogP contribution is 2.30. The first-order chi connectivity index (χ1) is 9.40. The second-order valence-corrected chi connectivity index (χ2v) is 4.99. The van der Waals surface area contributed by atoms with Gasteiger partial charge in [-0.25, -0.2) is 8.78 Å². The van der Waals surface area contributed by atoms with E-state index in [9.17, 15) is 23.7 Å². The summed E-state index contributed by atoms with van der Waals surface area (Å²) in [6.07, 6.45) is 3.07. The van der Waals surface area contributed by atoms with E-state index in [0.29, 0.717) is 18.1 Å². The van der Waals surface area contributed by atoms with Crippen LogP contribution in [0.2, 0.25) is 0 Å². The molecule has 0 radical (unpaired) electrons. The van der Waals surface area contributed by atoms with E-state index in [1.807, 2.05) is 0 Å². The number of amides is 1. The van der Waals surface area contributed by atoms with Crippen LogP contribution < -0.4 is 5.32 Å². The fourth-order valence-corrected chi connectivity index (χ4v) is 2.21. The molecule has 2 rings (SSSR count). The van der Waals surface area contributed by atoms with Crippen LogP contribution in [0.3, 0.4) is 0 Å². The molecule has 1 aromatic carbocycles. The molecule has 1 unspecified atom stereocenters. The number of hydrogen-bond acceptors (Lipinski definition) is 3. The summed E-state index contributed by atoms with van der Waals surface area (Å²) in [7, 11) is 0. The Hall–Kier alpha value is -2.05. The Balaban J connectivity index is 2.23. The molecule has 108 valence electrons. The van der Waals surface area contributed by atoms with Crippen molar-refractivity contribution in [3.05, 3.63) is 39.4 Å². The van der Waals surface area contributed by atoms with Crippen molar-refractivity contribution in [3.63, 3.8) is 0 Å². The fraction of sp³-hybridized carbons (Fsp3) is 0.462. The van der Waals surface area contributed by atoms with Gasteiger partial charge in [-0.3, -0.25) is 14.9 Å². The van der Waals surface area contributed by atoms with Crippen LogP contribution in [0.1, 0.15) is 36.5 Å². The zero-order valence-electron chi connectivity index (χ0n) is 10.9. The number of carbonyl (C=O) groups is 1.